The Morgan fingerprint density at radius 3 is 2.32 bits per heavy atom. The summed E-state index contributed by atoms with van der Waals surface area (Å²) >= 11 is 6.09. The summed E-state index contributed by atoms with van der Waals surface area (Å²) in [7, 11) is 0. The Morgan fingerprint density at radius 1 is 1.06 bits per heavy atom. The van der Waals surface area contributed by atoms with Crippen LogP contribution >= 0.6 is 11.6 Å². The second-order valence-corrected chi connectivity index (χ2v) is 8.51. The molecule has 34 heavy (non-hydrogen) atoms. The summed E-state index contributed by atoms with van der Waals surface area (Å²) < 4.78 is 5.71. The van der Waals surface area contributed by atoms with Crippen molar-refractivity contribution in [2.75, 3.05) is 4.90 Å². The average molecular weight is 473 g/mol. The summed E-state index contributed by atoms with van der Waals surface area (Å²) in [4.78, 5) is 27.7. The highest BCUT2D eigenvalue weighted by molar-refractivity contribution is 6.51. The van der Waals surface area contributed by atoms with Gasteiger partial charge in [-0.2, -0.15) is 5.26 Å². The van der Waals surface area contributed by atoms with Crippen LogP contribution in [-0.4, -0.2) is 22.9 Å². The van der Waals surface area contributed by atoms with Gasteiger partial charge >= 0.3 is 0 Å². The molecule has 1 aliphatic heterocycles. The van der Waals surface area contributed by atoms with Gasteiger partial charge in [0.1, 0.15) is 11.5 Å². The molecule has 0 radical (unpaired) electrons. The van der Waals surface area contributed by atoms with Crippen LogP contribution in [-0.2, 0) is 9.59 Å². The number of hydrogen-bond donors (Lipinski definition) is 1. The minimum Gasteiger partial charge on any atom is -0.507 e. The van der Waals surface area contributed by atoms with E-state index in [2.05, 4.69) is 0 Å². The van der Waals surface area contributed by atoms with Crippen LogP contribution in [0.4, 0.5) is 5.69 Å². The smallest absolute Gasteiger partial charge is 0.300 e. The Bertz CT molecular complexity index is 1320. The molecule has 3 aromatic carbocycles. The first-order valence-electron chi connectivity index (χ1n) is 10.6. The van der Waals surface area contributed by atoms with Crippen LogP contribution < -0.4 is 9.64 Å². The third-order valence-electron chi connectivity index (χ3n) is 5.38. The zero-order valence-electron chi connectivity index (χ0n) is 18.5. The van der Waals surface area contributed by atoms with Crippen LogP contribution in [0.1, 0.15) is 36.6 Å². The lowest BCUT2D eigenvalue weighted by Crippen LogP contribution is -2.29. The van der Waals surface area contributed by atoms with E-state index in [0.29, 0.717) is 33.1 Å². The number of hydrogen-bond acceptors (Lipinski definition) is 5. The number of benzene rings is 3. The number of carbonyl (C=O) groups is 2. The summed E-state index contributed by atoms with van der Waals surface area (Å²) in [6.45, 7) is 3.83. The maximum absolute atomic E-state index is 13.2. The van der Waals surface area contributed by atoms with E-state index in [0.717, 1.165) is 0 Å². The fraction of sp³-hybridized carbons (Fsp3) is 0.148. The lowest BCUT2D eigenvalue weighted by Gasteiger charge is -2.25. The molecule has 1 amide bonds. The highest BCUT2D eigenvalue weighted by atomic mass is 35.5. The summed E-state index contributed by atoms with van der Waals surface area (Å²) in [5, 5.41) is 20.6. The van der Waals surface area contributed by atoms with Crippen molar-refractivity contribution < 1.29 is 19.4 Å². The summed E-state index contributed by atoms with van der Waals surface area (Å²) in [5.41, 5.74) is 1.75. The lowest BCUT2D eigenvalue weighted by atomic mass is 9.95. The number of ether oxygens (including phenoxy) is 1. The predicted molar refractivity (Wildman–Crippen MR) is 130 cm³/mol. The number of carbonyl (C=O) groups excluding carboxylic acids is 2. The maximum Gasteiger partial charge on any atom is 0.300 e. The van der Waals surface area contributed by atoms with Gasteiger partial charge < -0.3 is 9.84 Å². The van der Waals surface area contributed by atoms with Crippen molar-refractivity contribution in [3.63, 3.8) is 0 Å². The number of nitrogens with zero attached hydrogens (tertiary/aromatic N) is 2. The predicted octanol–water partition coefficient (Wildman–Crippen LogP) is 5.63. The van der Waals surface area contributed by atoms with Gasteiger partial charge in [-0.1, -0.05) is 35.9 Å². The molecule has 1 heterocycles. The first-order chi connectivity index (χ1) is 16.3. The van der Waals surface area contributed by atoms with Gasteiger partial charge in [0.05, 0.1) is 29.4 Å². The average Bonchev–Trinajstić information content (AvgIpc) is 3.09. The minimum absolute atomic E-state index is 0.0158. The van der Waals surface area contributed by atoms with E-state index >= 15 is 0 Å². The van der Waals surface area contributed by atoms with Crippen molar-refractivity contribution in [1.82, 2.24) is 0 Å². The van der Waals surface area contributed by atoms with Crippen LogP contribution in [0.2, 0.25) is 5.02 Å². The monoisotopic (exact) mass is 472 g/mol. The molecule has 1 fully saturated rings. The fourth-order valence-electron chi connectivity index (χ4n) is 3.90. The van der Waals surface area contributed by atoms with Crippen molar-refractivity contribution in [3.05, 3.63) is 100 Å². The molecular formula is C27H21ClN2O4. The van der Waals surface area contributed by atoms with E-state index in [1.165, 1.54) is 11.0 Å². The SMILES string of the molecule is CC(C)Oc1ccc(C2/C(=C(/O)c3cccc(Cl)c3)C(=O)C(=O)N2c2ccc(C#N)cc2)cc1. The van der Waals surface area contributed by atoms with Crippen molar-refractivity contribution >= 4 is 34.7 Å². The van der Waals surface area contributed by atoms with Crippen molar-refractivity contribution in [1.29, 1.82) is 5.26 Å². The number of halogens is 1. The number of Topliss-reactive ketones (excluding diaryl/α,β-unsaturated/α-hetero) is 1. The van der Waals surface area contributed by atoms with Crippen molar-refractivity contribution in [2.24, 2.45) is 0 Å². The molecule has 0 saturated carbocycles. The molecule has 0 spiro atoms. The molecule has 4 rings (SSSR count). The summed E-state index contributed by atoms with van der Waals surface area (Å²) in [5.74, 6) is -1.26. The number of nitriles is 1. The van der Waals surface area contributed by atoms with Gasteiger partial charge in [0, 0.05) is 16.3 Å². The van der Waals surface area contributed by atoms with E-state index in [1.54, 1.807) is 66.7 Å². The zero-order valence-corrected chi connectivity index (χ0v) is 19.3. The molecule has 1 saturated heterocycles. The Hall–Kier alpha value is -4.08. The van der Waals surface area contributed by atoms with Crippen LogP contribution in [0.15, 0.2) is 78.4 Å². The van der Waals surface area contributed by atoms with Crippen LogP contribution in [0.3, 0.4) is 0 Å². The van der Waals surface area contributed by atoms with Gasteiger partial charge in [0.2, 0.25) is 0 Å². The third-order valence-corrected chi connectivity index (χ3v) is 5.62. The fourth-order valence-corrected chi connectivity index (χ4v) is 4.09. The normalized spacial score (nSPS) is 17.1. The van der Waals surface area contributed by atoms with Gasteiger partial charge in [-0.25, -0.2) is 0 Å². The van der Waals surface area contributed by atoms with E-state index in [4.69, 9.17) is 21.6 Å². The van der Waals surface area contributed by atoms with E-state index in [9.17, 15) is 14.7 Å². The van der Waals surface area contributed by atoms with Gasteiger partial charge in [-0.05, 0) is 67.9 Å². The Kier molecular flexibility index (Phi) is 6.40. The molecule has 3 aromatic rings. The summed E-state index contributed by atoms with van der Waals surface area (Å²) in [6, 6.07) is 21.0. The van der Waals surface area contributed by atoms with Crippen LogP contribution in [0, 0.1) is 11.3 Å². The highest BCUT2D eigenvalue weighted by Crippen LogP contribution is 2.42. The molecule has 1 N–H and O–H groups in total. The zero-order chi connectivity index (χ0) is 24.4. The number of ketones is 1. The molecule has 0 aliphatic carbocycles. The quantitative estimate of drug-likeness (QED) is 0.295. The third kappa shape index (κ3) is 4.39. The topological polar surface area (TPSA) is 90.6 Å². The molecular weight excluding hydrogens is 452 g/mol. The lowest BCUT2D eigenvalue weighted by molar-refractivity contribution is -0.132. The van der Waals surface area contributed by atoms with Crippen LogP contribution in [0.25, 0.3) is 5.76 Å². The number of aliphatic hydroxyl groups is 1. The number of rotatable bonds is 5. The Labute approximate surface area is 202 Å². The molecule has 170 valence electrons. The second-order valence-electron chi connectivity index (χ2n) is 8.07. The largest absolute Gasteiger partial charge is 0.507 e. The van der Waals surface area contributed by atoms with E-state index in [1.807, 2.05) is 19.9 Å². The molecule has 7 heteroatoms. The number of amides is 1. The Balaban J connectivity index is 1.89. The molecule has 1 aliphatic rings. The first-order valence-corrected chi connectivity index (χ1v) is 11.0. The first kappa shape index (κ1) is 23.1. The summed E-state index contributed by atoms with van der Waals surface area (Å²) in [6.07, 6.45) is -0.0158. The molecule has 6 nitrogen and oxygen atoms in total. The standard InChI is InChI=1S/C27H21ClN2O4/c1-16(2)34-22-12-8-18(9-13-22)24-23(25(31)19-4-3-5-20(28)14-19)26(32)27(33)30(24)21-10-6-17(15-29)7-11-21/h3-14,16,24,31H,1-2H3/b25-23-. The van der Waals surface area contributed by atoms with Crippen molar-refractivity contribution in [3.8, 4) is 11.8 Å². The maximum atomic E-state index is 13.2. The van der Waals surface area contributed by atoms with Gasteiger partial charge in [0.25, 0.3) is 11.7 Å². The molecule has 1 unspecified atom stereocenters. The number of aliphatic hydroxyl groups excluding tert-OH is 1. The van der Waals surface area contributed by atoms with Crippen molar-refractivity contribution in [2.45, 2.75) is 26.0 Å². The van der Waals surface area contributed by atoms with Gasteiger partial charge in [-0.3, -0.25) is 14.5 Å². The Morgan fingerprint density at radius 2 is 1.74 bits per heavy atom. The van der Waals surface area contributed by atoms with Gasteiger partial charge in [-0.15, -0.1) is 0 Å². The minimum atomic E-state index is -0.889. The van der Waals surface area contributed by atoms with Crippen LogP contribution in [0.5, 0.6) is 5.75 Å². The second kappa shape index (κ2) is 9.42. The number of anilines is 1. The van der Waals surface area contributed by atoms with E-state index < -0.39 is 17.7 Å². The molecule has 0 aromatic heterocycles. The highest BCUT2D eigenvalue weighted by Gasteiger charge is 2.47. The van der Waals surface area contributed by atoms with E-state index in [-0.39, 0.29) is 17.4 Å². The molecule has 0 bridgehead atoms. The van der Waals surface area contributed by atoms with Gasteiger partial charge in [0.15, 0.2) is 0 Å². The molecule has 1 atom stereocenters.